The van der Waals surface area contributed by atoms with Crippen LogP contribution in [0.3, 0.4) is 0 Å². The first-order valence-electron chi connectivity index (χ1n) is 7.32. The monoisotopic (exact) mass is 365 g/mol. The van der Waals surface area contributed by atoms with Crippen LogP contribution in [0.1, 0.15) is 29.5 Å². The fourth-order valence-corrected chi connectivity index (χ4v) is 2.61. The number of nitrogens with two attached hydrogens (primary N) is 2. The van der Waals surface area contributed by atoms with Crippen LogP contribution in [0.4, 0.5) is 16.6 Å². The van der Waals surface area contributed by atoms with Gasteiger partial charge in [-0.3, -0.25) is 9.80 Å². The largest absolute Gasteiger partial charge is 0.378 e. The molecule has 1 atom stereocenters. The lowest BCUT2D eigenvalue weighted by molar-refractivity contribution is -0.108. The third-order valence-corrected chi connectivity index (χ3v) is 4.01. The van der Waals surface area contributed by atoms with E-state index in [9.17, 15) is 9.59 Å². The van der Waals surface area contributed by atoms with Gasteiger partial charge in [0.1, 0.15) is 11.3 Å². The Hall–Kier alpha value is -2.63. The van der Waals surface area contributed by atoms with Crippen LogP contribution < -0.4 is 21.9 Å². The number of ether oxygens (including phenoxy) is 1. The van der Waals surface area contributed by atoms with Crippen LogP contribution in [0, 0.1) is 0 Å². The first kappa shape index (κ1) is 18.7. The van der Waals surface area contributed by atoms with Gasteiger partial charge in [0.05, 0.1) is 24.5 Å². The van der Waals surface area contributed by atoms with Crippen molar-refractivity contribution in [3.63, 3.8) is 0 Å². The van der Waals surface area contributed by atoms with E-state index in [-0.39, 0.29) is 24.0 Å². The molecule has 2 aromatic rings. The fraction of sp³-hybridized carbons (Fsp3) is 0.357. The molecule has 25 heavy (non-hydrogen) atoms. The molecule has 2 heterocycles. The second-order valence-corrected chi connectivity index (χ2v) is 5.99. The van der Waals surface area contributed by atoms with Gasteiger partial charge < -0.3 is 20.6 Å². The summed E-state index contributed by atoms with van der Waals surface area (Å²) < 4.78 is 9.22. The van der Waals surface area contributed by atoms with Crippen LogP contribution in [0.15, 0.2) is 12.3 Å². The Balaban J connectivity index is 2.30. The van der Waals surface area contributed by atoms with Gasteiger partial charge in [-0.2, -0.15) is 4.37 Å². The molecule has 11 heteroatoms. The van der Waals surface area contributed by atoms with E-state index < -0.39 is 5.91 Å². The molecule has 0 saturated carbocycles. The van der Waals surface area contributed by atoms with Crippen molar-refractivity contribution in [2.75, 3.05) is 17.4 Å². The van der Waals surface area contributed by atoms with E-state index in [2.05, 4.69) is 19.7 Å². The van der Waals surface area contributed by atoms with Gasteiger partial charge in [0.15, 0.2) is 17.3 Å². The van der Waals surface area contributed by atoms with Gasteiger partial charge in [0.25, 0.3) is 5.91 Å². The Kier molecular flexibility index (Phi) is 6.33. The van der Waals surface area contributed by atoms with Crippen molar-refractivity contribution in [1.29, 1.82) is 0 Å². The van der Waals surface area contributed by atoms with E-state index in [0.717, 1.165) is 12.0 Å². The Morgan fingerprint density at radius 3 is 2.96 bits per heavy atom. The average molecular weight is 365 g/mol. The van der Waals surface area contributed by atoms with Crippen LogP contribution >= 0.6 is 11.5 Å². The molecule has 0 bridgehead atoms. The van der Waals surface area contributed by atoms with E-state index in [0.29, 0.717) is 17.4 Å². The number of hydrogen-bond acceptors (Lipinski definition) is 10. The van der Waals surface area contributed by atoms with Crippen LogP contribution in [0.2, 0.25) is 0 Å². The van der Waals surface area contributed by atoms with E-state index in [1.54, 1.807) is 20.1 Å². The number of carbonyl (C=O) groups is 2. The molecule has 0 fully saturated rings. The highest BCUT2D eigenvalue weighted by atomic mass is 32.1. The van der Waals surface area contributed by atoms with Crippen LogP contribution in [-0.4, -0.2) is 39.7 Å². The lowest BCUT2D eigenvalue weighted by Gasteiger charge is -2.23. The van der Waals surface area contributed by atoms with Gasteiger partial charge in [-0.05, 0) is 24.5 Å². The van der Waals surface area contributed by atoms with Crippen molar-refractivity contribution in [2.45, 2.75) is 26.0 Å². The summed E-state index contributed by atoms with van der Waals surface area (Å²) in [6.45, 7) is 2.14. The van der Waals surface area contributed by atoms with Crippen molar-refractivity contribution < 1.29 is 14.3 Å². The molecule has 0 radical (unpaired) electrons. The van der Waals surface area contributed by atoms with E-state index >= 15 is 0 Å². The summed E-state index contributed by atoms with van der Waals surface area (Å²) in [6, 6.07) is 1.48. The molecule has 0 aliphatic carbocycles. The first-order chi connectivity index (χ1) is 12.0. The molecule has 1 amide bonds. The third kappa shape index (κ3) is 4.68. The second kappa shape index (κ2) is 8.46. The molecule has 0 unspecified atom stereocenters. The predicted octanol–water partition coefficient (Wildman–Crippen LogP) is 0.580. The lowest BCUT2D eigenvalue weighted by Crippen LogP contribution is -2.40. The maximum Gasteiger partial charge on any atom is 0.271 e. The normalized spacial score (nSPS) is 11.8. The Bertz CT molecular complexity index is 752. The van der Waals surface area contributed by atoms with Gasteiger partial charge in [0.2, 0.25) is 0 Å². The number of methoxy groups -OCH3 is 1. The minimum atomic E-state index is -0.729. The lowest BCUT2D eigenvalue weighted by atomic mass is 10.2. The number of nitrogens with zero attached hydrogens (tertiary/aromatic N) is 4. The summed E-state index contributed by atoms with van der Waals surface area (Å²) in [5.74, 6) is 5.68. The molecule has 2 aromatic heterocycles. The highest BCUT2D eigenvalue weighted by Gasteiger charge is 2.18. The van der Waals surface area contributed by atoms with Gasteiger partial charge >= 0.3 is 0 Å². The molecule has 134 valence electrons. The molecule has 0 spiro atoms. The zero-order valence-electron chi connectivity index (χ0n) is 13.8. The highest BCUT2D eigenvalue weighted by Crippen LogP contribution is 2.24. The molecule has 2 rings (SSSR count). The number of nitrogens with one attached hydrogen (secondary N) is 1. The van der Waals surface area contributed by atoms with Gasteiger partial charge in [-0.15, -0.1) is 0 Å². The summed E-state index contributed by atoms with van der Waals surface area (Å²) in [5, 5.41) is 4.92. The maximum atomic E-state index is 11.6. The topological polar surface area (TPSA) is 149 Å². The highest BCUT2D eigenvalue weighted by molar-refractivity contribution is 7.10. The summed E-state index contributed by atoms with van der Waals surface area (Å²) in [7, 11) is 1.57. The van der Waals surface area contributed by atoms with E-state index in [1.165, 1.54) is 22.7 Å². The average Bonchev–Trinajstić information content (AvgIpc) is 3.01. The molecule has 0 aliphatic heterocycles. The van der Waals surface area contributed by atoms with Crippen LogP contribution in [0.5, 0.6) is 0 Å². The van der Waals surface area contributed by atoms with Crippen molar-refractivity contribution in [2.24, 2.45) is 11.6 Å². The van der Waals surface area contributed by atoms with Crippen molar-refractivity contribution in [3.05, 3.63) is 23.7 Å². The number of rotatable bonds is 9. The number of amides is 1. The molecule has 0 aliphatic rings. The fourth-order valence-electron chi connectivity index (χ4n) is 1.95. The van der Waals surface area contributed by atoms with Crippen molar-refractivity contribution >= 4 is 40.4 Å². The number of aldehydes is 1. The zero-order chi connectivity index (χ0) is 18.4. The van der Waals surface area contributed by atoms with E-state index in [4.69, 9.17) is 16.3 Å². The SMILES string of the molecule is COCc1cc(Nc2nc(N(N)[C@H](C)CC=O)cnc2C(N)=O)sn1. The summed E-state index contributed by atoms with van der Waals surface area (Å²) in [4.78, 5) is 30.6. The number of primary amides is 1. The molecular formula is C14H19N7O3S. The Morgan fingerprint density at radius 1 is 1.56 bits per heavy atom. The number of hydrazine groups is 1. The molecule has 5 N–H and O–H groups in total. The number of anilines is 3. The van der Waals surface area contributed by atoms with E-state index in [1.807, 2.05) is 0 Å². The molecule has 10 nitrogen and oxygen atoms in total. The van der Waals surface area contributed by atoms with Crippen molar-refractivity contribution in [3.8, 4) is 0 Å². The zero-order valence-corrected chi connectivity index (χ0v) is 14.6. The summed E-state index contributed by atoms with van der Waals surface area (Å²) in [5.41, 5.74) is 6.06. The molecular weight excluding hydrogens is 346 g/mol. The first-order valence-corrected chi connectivity index (χ1v) is 8.09. The van der Waals surface area contributed by atoms with Crippen LogP contribution in [-0.2, 0) is 16.1 Å². The summed E-state index contributed by atoms with van der Waals surface area (Å²) >= 11 is 1.18. The van der Waals surface area contributed by atoms with Gasteiger partial charge in [-0.25, -0.2) is 15.8 Å². The van der Waals surface area contributed by atoms with Crippen LogP contribution in [0.25, 0.3) is 0 Å². The van der Waals surface area contributed by atoms with Gasteiger partial charge in [-0.1, -0.05) is 0 Å². The standard InChI is InChI=1S/C14H19N7O3S/c1-8(3-4-22)21(16)10-6-17-12(13(15)23)14(18-10)19-11-5-9(7-24-2)20-25-11/h4-6,8H,3,7,16H2,1-2H3,(H2,15,23)(H,18,19)/t8-/m1/s1. The third-order valence-electron chi connectivity index (χ3n) is 3.26. The molecule has 0 saturated heterocycles. The maximum absolute atomic E-state index is 11.6. The van der Waals surface area contributed by atoms with Gasteiger partial charge in [0, 0.05) is 13.5 Å². The minimum Gasteiger partial charge on any atom is -0.378 e. The van der Waals surface area contributed by atoms with Crippen molar-refractivity contribution in [1.82, 2.24) is 14.3 Å². The smallest absolute Gasteiger partial charge is 0.271 e. The number of hydrogen-bond donors (Lipinski definition) is 3. The quantitative estimate of drug-likeness (QED) is 0.329. The minimum absolute atomic E-state index is 0.0260. The molecule has 0 aromatic carbocycles. The predicted molar refractivity (Wildman–Crippen MR) is 93.5 cm³/mol. The Labute approximate surface area is 148 Å². The summed E-state index contributed by atoms with van der Waals surface area (Å²) in [6.07, 6.45) is 2.33. The second-order valence-electron chi connectivity index (χ2n) is 5.19. The number of carbonyl (C=O) groups excluding carboxylic acids is 2. The Morgan fingerprint density at radius 2 is 2.32 bits per heavy atom. The number of aromatic nitrogens is 3.